The van der Waals surface area contributed by atoms with Crippen LogP contribution < -0.4 is 10.3 Å². The number of pyridine rings is 2. The number of methoxy groups -OCH3 is 1. The zero-order valence-electron chi connectivity index (χ0n) is 12.5. The minimum absolute atomic E-state index is 0.0594. The van der Waals surface area contributed by atoms with E-state index in [1.54, 1.807) is 36.1 Å². The van der Waals surface area contributed by atoms with Gasteiger partial charge in [0, 0.05) is 41.3 Å². The molecule has 0 fully saturated rings. The summed E-state index contributed by atoms with van der Waals surface area (Å²) in [6.45, 7) is 2.01. The molecule has 0 radical (unpaired) electrons. The van der Waals surface area contributed by atoms with Crippen molar-refractivity contribution in [2.24, 2.45) is 0 Å². The molecule has 0 bridgehead atoms. The molecule has 1 aromatic carbocycles. The lowest BCUT2D eigenvalue weighted by atomic mass is 10.1. The quantitative estimate of drug-likeness (QED) is 0.744. The molecule has 0 aliphatic heterocycles. The Hall–Kier alpha value is -2.88. The van der Waals surface area contributed by atoms with Crippen LogP contribution in [0.1, 0.15) is 5.56 Å². The zero-order valence-corrected chi connectivity index (χ0v) is 12.5. The van der Waals surface area contributed by atoms with Crippen LogP contribution in [-0.4, -0.2) is 16.7 Å². The summed E-state index contributed by atoms with van der Waals surface area (Å²) < 4.78 is 6.71. The summed E-state index contributed by atoms with van der Waals surface area (Å²) in [6.07, 6.45) is 3.57. The van der Waals surface area contributed by atoms with E-state index in [2.05, 4.69) is 4.98 Å². The van der Waals surface area contributed by atoms with Crippen LogP contribution in [0.25, 0.3) is 16.8 Å². The standard InChI is InChI=1S/C18H16N2O2/c1-13-4-3-5-16(10-13)20-12-15(7-9-18(20)21)14-6-8-17(22-2)19-11-14/h3-12H,1-2H3. The highest BCUT2D eigenvalue weighted by molar-refractivity contribution is 5.62. The summed E-state index contributed by atoms with van der Waals surface area (Å²) in [4.78, 5) is 16.3. The molecule has 0 saturated heterocycles. The predicted molar refractivity (Wildman–Crippen MR) is 86.6 cm³/mol. The third kappa shape index (κ3) is 2.76. The van der Waals surface area contributed by atoms with Crippen molar-refractivity contribution in [2.45, 2.75) is 6.92 Å². The van der Waals surface area contributed by atoms with Gasteiger partial charge in [-0.3, -0.25) is 9.36 Å². The second-order valence-corrected chi connectivity index (χ2v) is 5.05. The van der Waals surface area contributed by atoms with Gasteiger partial charge >= 0.3 is 0 Å². The summed E-state index contributed by atoms with van der Waals surface area (Å²) in [5, 5.41) is 0. The molecule has 110 valence electrons. The second kappa shape index (κ2) is 5.85. The van der Waals surface area contributed by atoms with E-state index in [-0.39, 0.29) is 5.56 Å². The van der Waals surface area contributed by atoms with Gasteiger partial charge in [-0.1, -0.05) is 12.1 Å². The van der Waals surface area contributed by atoms with Gasteiger partial charge in [0.15, 0.2) is 0 Å². The number of benzene rings is 1. The van der Waals surface area contributed by atoms with Gasteiger partial charge in [-0.2, -0.15) is 0 Å². The van der Waals surface area contributed by atoms with Crippen LogP contribution in [0.2, 0.25) is 0 Å². The van der Waals surface area contributed by atoms with Crippen LogP contribution in [-0.2, 0) is 0 Å². The average Bonchev–Trinajstić information content (AvgIpc) is 2.55. The molecule has 4 heteroatoms. The fourth-order valence-electron chi connectivity index (χ4n) is 2.31. The van der Waals surface area contributed by atoms with Crippen LogP contribution in [0.3, 0.4) is 0 Å². The lowest BCUT2D eigenvalue weighted by molar-refractivity contribution is 0.398. The summed E-state index contributed by atoms with van der Waals surface area (Å²) in [6, 6.07) is 15.0. The molecular formula is C18H16N2O2. The zero-order chi connectivity index (χ0) is 15.5. The molecule has 0 aliphatic rings. The van der Waals surface area contributed by atoms with Crippen molar-refractivity contribution in [3.8, 4) is 22.7 Å². The molecule has 2 aromatic heterocycles. The third-order valence-electron chi connectivity index (χ3n) is 3.47. The molecule has 0 N–H and O–H groups in total. The monoisotopic (exact) mass is 292 g/mol. The minimum Gasteiger partial charge on any atom is -0.481 e. The fourth-order valence-corrected chi connectivity index (χ4v) is 2.31. The van der Waals surface area contributed by atoms with E-state index in [0.717, 1.165) is 22.4 Å². The predicted octanol–water partition coefficient (Wildman–Crippen LogP) is 3.22. The van der Waals surface area contributed by atoms with E-state index >= 15 is 0 Å². The first-order valence-corrected chi connectivity index (χ1v) is 6.97. The largest absolute Gasteiger partial charge is 0.481 e. The van der Waals surface area contributed by atoms with Gasteiger partial charge in [0.2, 0.25) is 5.88 Å². The van der Waals surface area contributed by atoms with E-state index < -0.39 is 0 Å². The maximum Gasteiger partial charge on any atom is 0.255 e. The first kappa shape index (κ1) is 14.1. The molecular weight excluding hydrogens is 276 g/mol. The molecule has 2 heterocycles. The van der Waals surface area contributed by atoms with Crippen molar-refractivity contribution < 1.29 is 4.74 Å². The van der Waals surface area contributed by atoms with Gasteiger partial charge in [0.1, 0.15) is 0 Å². The summed E-state index contributed by atoms with van der Waals surface area (Å²) in [7, 11) is 1.58. The van der Waals surface area contributed by atoms with Crippen molar-refractivity contribution >= 4 is 0 Å². The normalized spacial score (nSPS) is 10.5. The molecule has 0 saturated carbocycles. The van der Waals surface area contributed by atoms with E-state index in [0.29, 0.717) is 5.88 Å². The van der Waals surface area contributed by atoms with Crippen LogP contribution in [0, 0.1) is 6.92 Å². The first-order valence-electron chi connectivity index (χ1n) is 6.97. The molecule has 3 aromatic rings. The van der Waals surface area contributed by atoms with Crippen molar-refractivity contribution in [1.29, 1.82) is 0 Å². The summed E-state index contributed by atoms with van der Waals surface area (Å²) >= 11 is 0. The lowest BCUT2D eigenvalue weighted by Crippen LogP contribution is -2.16. The first-order chi connectivity index (χ1) is 10.7. The fraction of sp³-hybridized carbons (Fsp3) is 0.111. The molecule has 0 atom stereocenters. The number of rotatable bonds is 3. The number of nitrogens with zero attached hydrogens (tertiary/aromatic N) is 2. The van der Waals surface area contributed by atoms with Gasteiger partial charge in [-0.15, -0.1) is 0 Å². The van der Waals surface area contributed by atoms with Crippen molar-refractivity contribution in [3.05, 3.63) is 76.8 Å². The van der Waals surface area contributed by atoms with Crippen molar-refractivity contribution in [2.75, 3.05) is 7.11 Å². The van der Waals surface area contributed by atoms with E-state index in [1.807, 2.05) is 43.5 Å². The van der Waals surface area contributed by atoms with E-state index in [4.69, 9.17) is 4.74 Å². The van der Waals surface area contributed by atoms with Gasteiger partial charge in [-0.25, -0.2) is 4.98 Å². The van der Waals surface area contributed by atoms with Crippen LogP contribution in [0.15, 0.2) is 65.7 Å². The SMILES string of the molecule is COc1ccc(-c2ccc(=O)n(-c3cccc(C)c3)c2)cn1. The highest BCUT2D eigenvalue weighted by Crippen LogP contribution is 2.20. The molecule has 22 heavy (non-hydrogen) atoms. The number of hydrogen-bond donors (Lipinski definition) is 0. The molecule has 0 spiro atoms. The van der Waals surface area contributed by atoms with Gasteiger partial charge in [-0.05, 0) is 36.8 Å². The maximum atomic E-state index is 12.1. The lowest BCUT2D eigenvalue weighted by Gasteiger charge is -2.09. The van der Waals surface area contributed by atoms with Crippen molar-refractivity contribution in [1.82, 2.24) is 9.55 Å². The molecule has 0 unspecified atom stereocenters. The van der Waals surface area contributed by atoms with Gasteiger partial charge in [0.05, 0.1) is 7.11 Å². The number of aromatic nitrogens is 2. The Bertz CT molecular complexity index is 851. The molecule has 4 nitrogen and oxygen atoms in total. The van der Waals surface area contributed by atoms with Gasteiger partial charge in [0.25, 0.3) is 5.56 Å². The Morgan fingerprint density at radius 3 is 2.55 bits per heavy atom. The summed E-state index contributed by atoms with van der Waals surface area (Å²) in [5.41, 5.74) is 3.77. The second-order valence-electron chi connectivity index (χ2n) is 5.05. The Morgan fingerprint density at radius 2 is 1.86 bits per heavy atom. The molecule has 0 aliphatic carbocycles. The average molecular weight is 292 g/mol. The maximum absolute atomic E-state index is 12.1. The molecule has 3 rings (SSSR count). The van der Waals surface area contributed by atoms with Crippen molar-refractivity contribution in [3.63, 3.8) is 0 Å². The van der Waals surface area contributed by atoms with Crippen LogP contribution >= 0.6 is 0 Å². The number of aryl methyl sites for hydroxylation is 1. The Morgan fingerprint density at radius 1 is 1.05 bits per heavy atom. The minimum atomic E-state index is -0.0594. The smallest absolute Gasteiger partial charge is 0.255 e. The van der Waals surface area contributed by atoms with Gasteiger partial charge < -0.3 is 4.74 Å². The number of hydrogen-bond acceptors (Lipinski definition) is 3. The highest BCUT2D eigenvalue weighted by atomic mass is 16.5. The Labute approximate surface area is 128 Å². The van der Waals surface area contributed by atoms with E-state index in [1.165, 1.54) is 0 Å². The Balaban J connectivity index is 2.07. The highest BCUT2D eigenvalue weighted by Gasteiger charge is 2.04. The number of ether oxygens (including phenoxy) is 1. The topological polar surface area (TPSA) is 44.1 Å². The Kier molecular flexibility index (Phi) is 3.74. The summed E-state index contributed by atoms with van der Waals surface area (Å²) in [5.74, 6) is 0.566. The third-order valence-corrected chi connectivity index (χ3v) is 3.47. The van der Waals surface area contributed by atoms with Crippen LogP contribution in [0.4, 0.5) is 0 Å². The molecule has 0 amide bonds. The van der Waals surface area contributed by atoms with Crippen LogP contribution in [0.5, 0.6) is 5.88 Å². The van der Waals surface area contributed by atoms with E-state index in [9.17, 15) is 4.79 Å².